The van der Waals surface area contributed by atoms with Gasteiger partial charge in [-0.1, -0.05) is 35.3 Å². The predicted octanol–water partition coefficient (Wildman–Crippen LogP) is 4.48. The molecule has 0 fully saturated rings. The summed E-state index contributed by atoms with van der Waals surface area (Å²) in [5, 5.41) is 0.792. The van der Waals surface area contributed by atoms with E-state index in [1.165, 1.54) is 12.1 Å². The average molecular weight is 474 g/mol. The molecular formula is C21H25Cl2NO5S. The molecule has 0 N–H and O–H groups in total. The smallest absolute Gasteiger partial charge is 0.222 e. The van der Waals surface area contributed by atoms with Crippen LogP contribution < -0.4 is 9.47 Å². The molecule has 0 aliphatic carbocycles. The van der Waals surface area contributed by atoms with Crippen LogP contribution >= 0.6 is 23.2 Å². The molecule has 30 heavy (non-hydrogen) atoms. The van der Waals surface area contributed by atoms with Gasteiger partial charge in [0.2, 0.25) is 5.91 Å². The van der Waals surface area contributed by atoms with Crippen LogP contribution in [0.1, 0.15) is 19.3 Å². The summed E-state index contributed by atoms with van der Waals surface area (Å²) < 4.78 is 34.3. The molecule has 2 rings (SSSR count). The summed E-state index contributed by atoms with van der Waals surface area (Å²) in [6.07, 6.45) is 2.69. The maximum Gasteiger partial charge on any atom is 0.222 e. The Morgan fingerprint density at radius 3 is 2.47 bits per heavy atom. The number of sulfone groups is 1. The number of ether oxygens (including phenoxy) is 2. The van der Waals surface area contributed by atoms with Gasteiger partial charge in [0, 0.05) is 26.3 Å². The van der Waals surface area contributed by atoms with Crippen molar-refractivity contribution in [2.24, 2.45) is 0 Å². The fourth-order valence-corrected chi connectivity index (χ4v) is 3.61. The lowest BCUT2D eigenvalue weighted by Gasteiger charge is -2.17. The Morgan fingerprint density at radius 1 is 1.03 bits per heavy atom. The number of amides is 1. The summed E-state index contributed by atoms with van der Waals surface area (Å²) in [7, 11) is -1.53. The van der Waals surface area contributed by atoms with E-state index >= 15 is 0 Å². The van der Waals surface area contributed by atoms with Crippen LogP contribution in [0.15, 0.2) is 47.4 Å². The van der Waals surface area contributed by atoms with Crippen LogP contribution in [0, 0.1) is 0 Å². The van der Waals surface area contributed by atoms with Gasteiger partial charge in [-0.15, -0.1) is 0 Å². The number of hydrogen-bond donors (Lipinski definition) is 0. The number of hydrogen-bond acceptors (Lipinski definition) is 5. The number of rotatable bonds is 11. The lowest BCUT2D eigenvalue weighted by Crippen LogP contribution is -2.28. The molecule has 1 amide bonds. The number of nitrogens with zero attached hydrogens (tertiary/aromatic N) is 1. The zero-order chi connectivity index (χ0) is 22.1. The highest BCUT2D eigenvalue weighted by atomic mass is 35.5. The minimum absolute atomic E-state index is 0.00913. The van der Waals surface area contributed by atoms with Gasteiger partial charge in [0.1, 0.15) is 16.5 Å². The van der Waals surface area contributed by atoms with E-state index < -0.39 is 9.84 Å². The second-order valence-electron chi connectivity index (χ2n) is 6.77. The van der Waals surface area contributed by atoms with Gasteiger partial charge in [-0.25, -0.2) is 8.42 Å². The van der Waals surface area contributed by atoms with Crippen LogP contribution in [-0.4, -0.2) is 52.3 Å². The van der Waals surface area contributed by atoms with Crippen LogP contribution in [0.2, 0.25) is 10.0 Å². The van der Waals surface area contributed by atoms with E-state index in [0.29, 0.717) is 60.6 Å². The van der Waals surface area contributed by atoms with Gasteiger partial charge in [0.25, 0.3) is 0 Å². The Balaban J connectivity index is 1.65. The first-order chi connectivity index (χ1) is 14.2. The van der Waals surface area contributed by atoms with Crippen molar-refractivity contribution < 1.29 is 22.7 Å². The molecule has 0 aliphatic heterocycles. The minimum Gasteiger partial charge on any atom is -0.493 e. The molecule has 164 valence electrons. The maximum absolute atomic E-state index is 12.2. The van der Waals surface area contributed by atoms with E-state index in [2.05, 4.69) is 0 Å². The first kappa shape index (κ1) is 24.3. The molecule has 6 nitrogen and oxygen atoms in total. The fourth-order valence-electron chi connectivity index (χ4n) is 2.60. The SMILES string of the molecule is CN(CCCOc1cccc(S(C)(=O)=O)c1)C(=O)CCCOc1cccc(Cl)c1Cl. The monoisotopic (exact) mass is 473 g/mol. The van der Waals surface area contributed by atoms with Crippen LogP contribution in [-0.2, 0) is 14.6 Å². The van der Waals surface area contributed by atoms with Crippen molar-refractivity contribution >= 4 is 38.9 Å². The molecule has 0 unspecified atom stereocenters. The number of halogens is 2. The van der Waals surface area contributed by atoms with Gasteiger partial charge in [-0.3, -0.25) is 4.79 Å². The number of carbonyl (C=O) groups is 1. The molecule has 0 spiro atoms. The lowest BCUT2D eigenvalue weighted by atomic mass is 10.2. The zero-order valence-corrected chi connectivity index (χ0v) is 19.3. The van der Waals surface area contributed by atoms with Crippen molar-refractivity contribution in [2.75, 3.05) is 33.1 Å². The van der Waals surface area contributed by atoms with E-state index in [1.54, 1.807) is 42.3 Å². The van der Waals surface area contributed by atoms with E-state index in [4.69, 9.17) is 32.7 Å². The summed E-state index contributed by atoms with van der Waals surface area (Å²) in [6.45, 7) is 1.27. The van der Waals surface area contributed by atoms with Crippen LogP contribution in [0.4, 0.5) is 0 Å². The zero-order valence-electron chi connectivity index (χ0n) is 16.9. The molecule has 0 saturated heterocycles. The molecule has 0 radical (unpaired) electrons. The van der Waals surface area contributed by atoms with Crippen molar-refractivity contribution in [1.29, 1.82) is 0 Å². The molecule has 0 atom stereocenters. The number of carbonyl (C=O) groups excluding carboxylic acids is 1. The first-order valence-corrected chi connectivity index (χ1v) is 12.1. The van der Waals surface area contributed by atoms with Crippen LogP contribution in [0.5, 0.6) is 11.5 Å². The van der Waals surface area contributed by atoms with Gasteiger partial charge in [-0.05, 0) is 43.2 Å². The Morgan fingerprint density at radius 2 is 1.73 bits per heavy atom. The normalized spacial score (nSPS) is 11.2. The number of benzene rings is 2. The second kappa shape index (κ2) is 11.4. The van der Waals surface area contributed by atoms with Crippen molar-refractivity contribution in [2.45, 2.75) is 24.2 Å². The predicted molar refractivity (Wildman–Crippen MR) is 118 cm³/mol. The highest BCUT2D eigenvalue weighted by Gasteiger charge is 2.11. The first-order valence-electron chi connectivity index (χ1n) is 9.42. The van der Waals surface area contributed by atoms with Crippen LogP contribution in [0.25, 0.3) is 0 Å². The highest BCUT2D eigenvalue weighted by molar-refractivity contribution is 7.90. The minimum atomic E-state index is -3.27. The van der Waals surface area contributed by atoms with Gasteiger partial charge in [0.15, 0.2) is 9.84 Å². The third-order valence-electron chi connectivity index (χ3n) is 4.27. The molecular weight excluding hydrogens is 449 g/mol. The van der Waals surface area contributed by atoms with Crippen molar-refractivity contribution in [1.82, 2.24) is 4.90 Å². The molecule has 2 aromatic rings. The Labute approximate surface area is 187 Å². The fraction of sp³-hybridized carbons (Fsp3) is 0.381. The summed E-state index contributed by atoms with van der Waals surface area (Å²) >= 11 is 12.0. The van der Waals surface area contributed by atoms with Crippen molar-refractivity contribution in [3.05, 3.63) is 52.5 Å². The topological polar surface area (TPSA) is 72.9 Å². The molecule has 0 saturated carbocycles. The van der Waals surface area contributed by atoms with Gasteiger partial charge in [0.05, 0.1) is 23.1 Å². The third-order valence-corrected chi connectivity index (χ3v) is 6.19. The summed E-state index contributed by atoms with van der Waals surface area (Å²) in [5.74, 6) is 1.00. The van der Waals surface area contributed by atoms with Crippen molar-refractivity contribution in [3.8, 4) is 11.5 Å². The molecule has 0 aliphatic rings. The van der Waals surface area contributed by atoms with Crippen molar-refractivity contribution in [3.63, 3.8) is 0 Å². The largest absolute Gasteiger partial charge is 0.493 e. The third kappa shape index (κ3) is 7.70. The van der Waals surface area contributed by atoms with E-state index in [1.807, 2.05) is 0 Å². The van der Waals surface area contributed by atoms with Gasteiger partial charge >= 0.3 is 0 Å². The molecule has 0 aromatic heterocycles. The van der Waals surface area contributed by atoms with E-state index in [9.17, 15) is 13.2 Å². The lowest BCUT2D eigenvalue weighted by molar-refractivity contribution is -0.130. The molecule has 0 bridgehead atoms. The second-order valence-corrected chi connectivity index (χ2v) is 9.57. The van der Waals surface area contributed by atoms with Crippen LogP contribution in [0.3, 0.4) is 0 Å². The molecule has 0 heterocycles. The van der Waals surface area contributed by atoms with Gasteiger partial charge < -0.3 is 14.4 Å². The van der Waals surface area contributed by atoms with E-state index in [0.717, 1.165) is 6.26 Å². The molecule has 2 aromatic carbocycles. The summed E-state index contributed by atoms with van der Waals surface area (Å²) in [4.78, 5) is 14.1. The quantitative estimate of drug-likeness (QED) is 0.449. The van der Waals surface area contributed by atoms with Gasteiger partial charge in [-0.2, -0.15) is 0 Å². The summed E-state index contributed by atoms with van der Waals surface area (Å²) in [6, 6.07) is 11.5. The standard InChI is InChI=1S/C21H25Cl2NO5S/c1-24(12-6-14-28-16-7-3-8-17(15-16)30(2,26)27)20(25)11-5-13-29-19-10-4-9-18(22)21(19)23/h3-4,7-10,15H,5-6,11-14H2,1-2H3. The Hall–Kier alpha value is -1.96. The summed E-state index contributed by atoms with van der Waals surface area (Å²) in [5.41, 5.74) is 0. The maximum atomic E-state index is 12.2. The van der Waals surface area contributed by atoms with E-state index in [-0.39, 0.29) is 10.8 Å². The highest BCUT2D eigenvalue weighted by Crippen LogP contribution is 2.31. The molecule has 9 heteroatoms. The average Bonchev–Trinajstić information content (AvgIpc) is 2.70. The Bertz CT molecular complexity index is 966. The Kier molecular flexibility index (Phi) is 9.27.